The predicted molar refractivity (Wildman–Crippen MR) is 85.4 cm³/mol. The zero-order valence-electron chi connectivity index (χ0n) is 12.1. The van der Waals surface area contributed by atoms with Crippen LogP contribution < -0.4 is 15.6 Å². The zero-order valence-corrected chi connectivity index (χ0v) is 13.7. The van der Waals surface area contributed by atoms with Gasteiger partial charge in [0.15, 0.2) is 6.10 Å². The summed E-state index contributed by atoms with van der Waals surface area (Å²) < 4.78 is 6.33. The predicted octanol–water partition coefficient (Wildman–Crippen LogP) is 2.31. The van der Waals surface area contributed by atoms with Crippen LogP contribution in [0.3, 0.4) is 0 Å². The van der Waals surface area contributed by atoms with Gasteiger partial charge in [0.05, 0.1) is 4.47 Å². The van der Waals surface area contributed by atoms with Gasteiger partial charge in [-0.05, 0) is 59.6 Å². The average molecular weight is 366 g/mol. The Morgan fingerprint density at radius 2 is 2.05 bits per heavy atom. The van der Waals surface area contributed by atoms with Crippen molar-refractivity contribution >= 4 is 27.7 Å². The number of amides is 2. The van der Waals surface area contributed by atoms with Crippen LogP contribution in [0.2, 0.25) is 0 Å². The number of aromatic nitrogens is 1. The van der Waals surface area contributed by atoms with E-state index in [0.29, 0.717) is 11.4 Å². The molecule has 1 unspecified atom stereocenters. The summed E-state index contributed by atoms with van der Waals surface area (Å²) in [6.07, 6.45) is 0.861. The molecule has 2 amide bonds. The summed E-state index contributed by atoms with van der Waals surface area (Å²) in [5.74, 6) is -0.321. The third-order valence-corrected chi connectivity index (χ3v) is 3.52. The fourth-order valence-corrected chi connectivity index (χ4v) is 2.29. The molecule has 1 atom stereocenters. The summed E-state index contributed by atoms with van der Waals surface area (Å²) >= 11 is 3.38. The lowest BCUT2D eigenvalue weighted by Gasteiger charge is -2.16. The lowest BCUT2D eigenvalue weighted by Crippen LogP contribution is -2.47. The molecule has 0 spiro atoms. The van der Waals surface area contributed by atoms with Gasteiger partial charge in [-0.15, -0.1) is 0 Å². The molecule has 3 N–H and O–H groups in total. The molecule has 2 rings (SSSR count). The van der Waals surface area contributed by atoms with Gasteiger partial charge in [-0.2, -0.15) is 0 Å². The number of carbonyl (C=O) groups is 2. The Labute approximate surface area is 136 Å². The second-order valence-corrected chi connectivity index (χ2v) is 5.58. The third kappa shape index (κ3) is 4.11. The van der Waals surface area contributed by atoms with E-state index in [2.05, 4.69) is 31.8 Å². The molecule has 0 saturated heterocycles. The van der Waals surface area contributed by atoms with Crippen LogP contribution in [0.5, 0.6) is 5.75 Å². The van der Waals surface area contributed by atoms with Crippen molar-refractivity contribution in [3.8, 4) is 5.75 Å². The highest BCUT2D eigenvalue weighted by Gasteiger charge is 2.17. The number of H-pyrrole nitrogens is 1. The van der Waals surface area contributed by atoms with Crippen molar-refractivity contribution in [2.24, 2.45) is 0 Å². The molecule has 0 saturated carbocycles. The number of hydrazine groups is 1. The van der Waals surface area contributed by atoms with Gasteiger partial charge in [-0.25, -0.2) is 0 Å². The molecule has 0 radical (unpaired) electrons. The highest BCUT2D eigenvalue weighted by atomic mass is 79.9. The van der Waals surface area contributed by atoms with Crippen molar-refractivity contribution in [2.75, 3.05) is 0 Å². The first-order chi connectivity index (χ1) is 10.5. The van der Waals surface area contributed by atoms with Crippen LogP contribution in [0.4, 0.5) is 0 Å². The molecule has 1 aromatic carbocycles. The molecule has 6 nitrogen and oxygen atoms in total. The van der Waals surface area contributed by atoms with E-state index < -0.39 is 17.9 Å². The summed E-state index contributed by atoms with van der Waals surface area (Å²) in [5, 5.41) is 0. The average Bonchev–Trinajstić information content (AvgIpc) is 3.01. The minimum Gasteiger partial charge on any atom is -0.480 e. The summed E-state index contributed by atoms with van der Waals surface area (Å²) in [7, 11) is 0. The molecule has 7 heteroatoms. The Kier molecular flexibility index (Phi) is 5.21. The van der Waals surface area contributed by atoms with Gasteiger partial charge in [0.1, 0.15) is 11.4 Å². The number of carbonyl (C=O) groups excluding carboxylic acids is 2. The monoisotopic (exact) mass is 365 g/mol. The number of benzene rings is 1. The molecule has 0 aliphatic carbocycles. The summed E-state index contributed by atoms with van der Waals surface area (Å²) in [5.41, 5.74) is 6.07. The third-order valence-electron chi connectivity index (χ3n) is 2.90. The minimum absolute atomic E-state index is 0.357. The smallest absolute Gasteiger partial charge is 0.286 e. The van der Waals surface area contributed by atoms with Gasteiger partial charge in [0.2, 0.25) is 0 Å². The largest absolute Gasteiger partial charge is 0.480 e. The van der Waals surface area contributed by atoms with Gasteiger partial charge < -0.3 is 9.72 Å². The first-order valence-corrected chi connectivity index (χ1v) is 7.43. The first-order valence-electron chi connectivity index (χ1n) is 6.64. The van der Waals surface area contributed by atoms with E-state index in [0.717, 1.165) is 10.0 Å². The van der Waals surface area contributed by atoms with Gasteiger partial charge in [-0.3, -0.25) is 20.4 Å². The Morgan fingerprint density at radius 1 is 1.27 bits per heavy atom. The van der Waals surface area contributed by atoms with E-state index in [4.69, 9.17) is 4.74 Å². The van der Waals surface area contributed by atoms with Crippen LogP contribution in [-0.4, -0.2) is 22.9 Å². The van der Waals surface area contributed by atoms with Crippen LogP contribution in [0, 0.1) is 6.92 Å². The number of aryl methyl sites for hydroxylation is 1. The number of rotatable bonds is 4. The van der Waals surface area contributed by atoms with Crippen LogP contribution in [-0.2, 0) is 4.79 Å². The van der Waals surface area contributed by atoms with Crippen LogP contribution in [0.25, 0.3) is 0 Å². The van der Waals surface area contributed by atoms with Gasteiger partial charge in [0, 0.05) is 6.20 Å². The van der Waals surface area contributed by atoms with Crippen molar-refractivity contribution in [2.45, 2.75) is 20.0 Å². The highest BCUT2D eigenvalue weighted by molar-refractivity contribution is 9.10. The van der Waals surface area contributed by atoms with Crippen molar-refractivity contribution in [1.82, 2.24) is 15.8 Å². The lowest BCUT2D eigenvalue weighted by atomic mass is 10.2. The first kappa shape index (κ1) is 16.1. The lowest BCUT2D eigenvalue weighted by molar-refractivity contribution is -0.128. The van der Waals surface area contributed by atoms with Gasteiger partial charge in [0.25, 0.3) is 11.8 Å². The molecule has 0 aliphatic heterocycles. The van der Waals surface area contributed by atoms with E-state index in [1.165, 1.54) is 0 Å². The number of hydrogen-bond donors (Lipinski definition) is 3. The summed E-state index contributed by atoms with van der Waals surface area (Å²) in [6.45, 7) is 3.56. The topological polar surface area (TPSA) is 83.2 Å². The molecule has 1 aromatic heterocycles. The van der Waals surface area contributed by atoms with Crippen molar-refractivity contribution in [3.63, 3.8) is 0 Å². The molecule has 0 fully saturated rings. The van der Waals surface area contributed by atoms with Crippen LogP contribution >= 0.6 is 15.9 Å². The fraction of sp³-hybridized carbons (Fsp3) is 0.200. The van der Waals surface area contributed by atoms with Gasteiger partial charge >= 0.3 is 0 Å². The Bertz CT molecular complexity index is 671. The number of nitrogens with one attached hydrogen (secondary N) is 3. The van der Waals surface area contributed by atoms with Gasteiger partial charge in [-0.1, -0.05) is 6.07 Å². The number of hydrogen-bond acceptors (Lipinski definition) is 3. The maximum atomic E-state index is 11.9. The van der Waals surface area contributed by atoms with E-state index in [-0.39, 0.29) is 0 Å². The maximum Gasteiger partial charge on any atom is 0.286 e. The molecule has 22 heavy (non-hydrogen) atoms. The minimum atomic E-state index is -0.761. The number of aromatic amines is 1. The number of ether oxygens (including phenoxy) is 1. The molecular formula is C15H16BrN3O3. The van der Waals surface area contributed by atoms with E-state index in [9.17, 15) is 9.59 Å². The number of halogens is 1. The normalized spacial score (nSPS) is 11.6. The van der Waals surface area contributed by atoms with E-state index in [1.54, 1.807) is 31.3 Å². The highest BCUT2D eigenvalue weighted by Crippen LogP contribution is 2.26. The molecule has 0 bridgehead atoms. The Morgan fingerprint density at radius 3 is 2.68 bits per heavy atom. The summed E-state index contributed by atoms with van der Waals surface area (Å²) in [4.78, 5) is 26.3. The quantitative estimate of drug-likeness (QED) is 0.727. The maximum absolute atomic E-state index is 11.9. The van der Waals surface area contributed by atoms with Crippen molar-refractivity contribution in [1.29, 1.82) is 0 Å². The van der Waals surface area contributed by atoms with Crippen molar-refractivity contribution < 1.29 is 14.3 Å². The zero-order chi connectivity index (χ0) is 16.1. The van der Waals surface area contributed by atoms with E-state index >= 15 is 0 Å². The summed E-state index contributed by atoms with van der Waals surface area (Å²) in [6, 6.07) is 8.85. The standard InChI is InChI=1S/C15H16BrN3O3/c1-9-5-6-13(11(16)8-9)22-10(2)14(20)18-19-15(21)12-4-3-7-17-12/h3-8,10,17H,1-2H3,(H,18,20)(H,19,21). The Hall–Kier alpha value is -2.28. The second-order valence-electron chi connectivity index (χ2n) is 4.72. The Balaban J connectivity index is 1.88. The fourth-order valence-electron chi connectivity index (χ4n) is 1.70. The molecule has 2 aromatic rings. The van der Waals surface area contributed by atoms with E-state index in [1.807, 2.05) is 19.1 Å². The van der Waals surface area contributed by atoms with Crippen LogP contribution in [0.15, 0.2) is 41.0 Å². The second kappa shape index (κ2) is 7.13. The molecule has 0 aliphatic rings. The van der Waals surface area contributed by atoms with Crippen molar-refractivity contribution in [3.05, 3.63) is 52.3 Å². The molecule has 116 valence electrons. The molecular weight excluding hydrogens is 350 g/mol. The molecule has 1 heterocycles. The van der Waals surface area contributed by atoms with Crippen LogP contribution in [0.1, 0.15) is 23.0 Å². The SMILES string of the molecule is Cc1ccc(OC(C)C(=O)NNC(=O)c2ccc[nH]2)c(Br)c1.